The van der Waals surface area contributed by atoms with Crippen molar-refractivity contribution < 1.29 is 18.7 Å². The van der Waals surface area contributed by atoms with Crippen LogP contribution in [0.15, 0.2) is 42.5 Å². The van der Waals surface area contributed by atoms with Gasteiger partial charge in [0.05, 0.1) is 7.11 Å². The first-order chi connectivity index (χ1) is 9.61. The maximum atomic E-state index is 13.5. The number of ether oxygens (including phenoxy) is 2. The van der Waals surface area contributed by atoms with Crippen molar-refractivity contribution >= 4 is 11.7 Å². The topological polar surface area (TPSA) is 61.5 Å². The standard InChI is InChI=1S/C15H14FNO3/c1-19-11-5-2-4-10(8-11)9-20-15(18)14-12(16)6-3-7-13(14)17/h2-8H,9,17H2,1H3. The van der Waals surface area contributed by atoms with Crippen LogP contribution in [0.25, 0.3) is 0 Å². The Labute approximate surface area is 115 Å². The lowest BCUT2D eigenvalue weighted by Crippen LogP contribution is -2.10. The molecule has 0 spiro atoms. The molecular formula is C15H14FNO3. The van der Waals surface area contributed by atoms with Crippen LogP contribution in [0.4, 0.5) is 10.1 Å². The zero-order valence-electron chi connectivity index (χ0n) is 10.9. The number of carbonyl (C=O) groups excluding carboxylic acids is 1. The molecule has 0 unspecified atom stereocenters. The van der Waals surface area contributed by atoms with E-state index in [0.717, 1.165) is 5.56 Å². The Morgan fingerprint density at radius 1 is 1.25 bits per heavy atom. The monoisotopic (exact) mass is 275 g/mol. The van der Waals surface area contributed by atoms with Gasteiger partial charge in [-0.25, -0.2) is 9.18 Å². The molecule has 0 radical (unpaired) electrons. The van der Waals surface area contributed by atoms with Crippen molar-refractivity contribution in [1.29, 1.82) is 0 Å². The lowest BCUT2D eigenvalue weighted by molar-refractivity contribution is 0.0468. The molecule has 4 nitrogen and oxygen atoms in total. The Kier molecular flexibility index (Phi) is 4.20. The van der Waals surface area contributed by atoms with Crippen LogP contribution in [0.1, 0.15) is 15.9 Å². The van der Waals surface area contributed by atoms with Gasteiger partial charge in [-0.2, -0.15) is 0 Å². The van der Waals surface area contributed by atoms with Crippen LogP contribution in [0.3, 0.4) is 0 Å². The number of esters is 1. The van der Waals surface area contributed by atoms with Gasteiger partial charge in [-0.05, 0) is 29.8 Å². The summed E-state index contributed by atoms with van der Waals surface area (Å²) in [6, 6.07) is 11.1. The van der Waals surface area contributed by atoms with E-state index in [-0.39, 0.29) is 17.9 Å². The van der Waals surface area contributed by atoms with Gasteiger partial charge in [-0.15, -0.1) is 0 Å². The summed E-state index contributed by atoms with van der Waals surface area (Å²) in [5.74, 6) is -0.826. The molecule has 0 aromatic heterocycles. The smallest absolute Gasteiger partial charge is 0.343 e. The van der Waals surface area contributed by atoms with Crippen molar-refractivity contribution in [1.82, 2.24) is 0 Å². The normalized spacial score (nSPS) is 10.1. The summed E-state index contributed by atoms with van der Waals surface area (Å²) >= 11 is 0. The van der Waals surface area contributed by atoms with Gasteiger partial charge in [0.2, 0.25) is 0 Å². The summed E-state index contributed by atoms with van der Waals surface area (Å²) in [6.07, 6.45) is 0. The van der Waals surface area contributed by atoms with E-state index < -0.39 is 11.8 Å². The fourth-order valence-electron chi connectivity index (χ4n) is 1.74. The molecule has 5 heteroatoms. The predicted octanol–water partition coefficient (Wildman–Crippen LogP) is 2.77. The minimum Gasteiger partial charge on any atom is -0.497 e. The third-order valence-corrected chi connectivity index (χ3v) is 2.75. The molecule has 0 bridgehead atoms. The molecule has 0 aliphatic rings. The predicted molar refractivity (Wildman–Crippen MR) is 72.9 cm³/mol. The summed E-state index contributed by atoms with van der Waals surface area (Å²) in [7, 11) is 1.55. The second kappa shape index (κ2) is 6.06. The average Bonchev–Trinajstić information content (AvgIpc) is 2.45. The number of methoxy groups -OCH3 is 1. The number of anilines is 1. The van der Waals surface area contributed by atoms with Crippen LogP contribution >= 0.6 is 0 Å². The maximum Gasteiger partial charge on any atom is 0.343 e. The third-order valence-electron chi connectivity index (χ3n) is 2.75. The maximum absolute atomic E-state index is 13.5. The highest BCUT2D eigenvalue weighted by atomic mass is 19.1. The summed E-state index contributed by atoms with van der Waals surface area (Å²) < 4.78 is 23.7. The molecule has 2 rings (SSSR count). The number of hydrogen-bond donors (Lipinski definition) is 1. The Morgan fingerprint density at radius 3 is 2.70 bits per heavy atom. The van der Waals surface area contributed by atoms with Crippen molar-refractivity contribution in [3.8, 4) is 5.75 Å². The van der Waals surface area contributed by atoms with Crippen molar-refractivity contribution in [2.75, 3.05) is 12.8 Å². The zero-order valence-corrected chi connectivity index (χ0v) is 10.9. The van der Waals surface area contributed by atoms with E-state index in [4.69, 9.17) is 15.2 Å². The van der Waals surface area contributed by atoms with Gasteiger partial charge in [-0.3, -0.25) is 0 Å². The highest BCUT2D eigenvalue weighted by Gasteiger charge is 2.16. The van der Waals surface area contributed by atoms with Crippen LogP contribution in [0.2, 0.25) is 0 Å². The third kappa shape index (κ3) is 3.06. The first kappa shape index (κ1) is 13.9. The lowest BCUT2D eigenvalue weighted by atomic mass is 10.1. The molecule has 104 valence electrons. The Morgan fingerprint density at radius 2 is 2.00 bits per heavy atom. The van der Waals surface area contributed by atoms with Crippen molar-refractivity contribution in [3.05, 3.63) is 59.4 Å². The number of benzene rings is 2. The first-order valence-corrected chi connectivity index (χ1v) is 5.96. The number of nitrogens with two attached hydrogens (primary N) is 1. The van der Waals surface area contributed by atoms with Crippen LogP contribution < -0.4 is 10.5 Å². The van der Waals surface area contributed by atoms with Gasteiger partial charge in [0.1, 0.15) is 23.7 Å². The minimum absolute atomic E-state index is 0.0177. The van der Waals surface area contributed by atoms with Crippen LogP contribution in [-0.2, 0) is 11.3 Å². The van der Waals surface area contributed by atoms with Crippen molar-refractivity contribution in [3.63, 3.8) is 0 Å². The van der Waals surface area contributed by atoms with E-state index in [1.54, 1.807) is 31.4 Å². The number of hydrogen-bond acceptors (Lipinski definition) is 4. The molecule has 2 N–H and O–H groups in total. The SMILES string of the molecule is COc1cccc(COC(=O)c2c(N)cccc2F)c1. The highest BCUT2D eigenvalue weighted by Crippen LogP contribution is 2.18. The molecule has 0 aliphatic heterocycles. The molecule has 0 amide bonds. The largest absolute Gasteiger partial charge is 0.497 e. The van der Waals surface area contributed by atoms with E-state index in [0.29, 0.717) is 5.75 Å². The van der Waals surface area contributed by atoms with Gasteiger partial charge >= 0.3 is 5.97 Å². The van der Waals surface area contributed by atoms with Crippen LogP contribution in [-0.4, -0.2) is 13.1 Å². The zero-order chi connectivity index (χ0) is 14.5. The highest BCUT2D eigenvalue weighted by molar-refractivity contribution is 5.95. The summed E-state index contributed by atoms with van der Waals surface area (Å²) in [5, 5.41) is 0. The quantitative estimate of drug-likeness (QED) is 0.688. The Hall–Kier alpha value is -2.56. The van der Waals surface area contributed by atoms with E-state index in [2.05, 4.69) is 0 Å². The van der Waals surface area contributed by atoms with Crippen LogP contribution in [0, 0.1) is 5.82 Å². The average molecular weight is 275 g/mol. The van der Waals surface area contributed by atoms with E-state index in [1.807, 2.05) is 0 Å². The fourth-order valence-corrected chi connectivity index (χ4v) is 1.74. The minimum atomic E-state index is -0.789. The molecule has 0 atom stereocenters. The Balaban J connectivity index is 2.09. The first-order valence-electron chi connectivity index (χ1n) is 5.96. The number of carbonyl (C=O) groups is 1. The molecule has 0 fully saturated rings. The Bertz CT molecular complexity index is 608. The van der Waals surface area contributed by atoms with Crippen LogP contribution in [0.5, 0.6) is 5.75 Å². The van der Waals surface area contributed by atoms with E-state index in [9.17, 15) is 9.18 Å². The van der Waals surface area contributed by atoms with Gasteiger partial charge in [-0.1, -0.05) is 18.2 Å². The summed E-state index contributed by atoms with van der Waals surface area (Å²) in [4.78, 5) is 11.8. The molecule has 20 heavy (non-hydrogen) atoms. The second-order valence-corrected chi connectivity index (χ2v) is 4.13. The van der Waals surface area contributed by atoms with E-state index >= 15 is 0 Å². The lowest BCUT2D eigenvalue weighted by Gasteiger charge is -2.08. The molecule has 2 aromatic carbocycles. The van der Waals surface area contributed by atoms with Gasteiger partial charge in [0.15, 0.2) is 0 Å². The summed E-state index contributed by atoms with van der Waals surface area (Å²) in [5.41, 5.74) is 6.14. The van der Waals surface area contributed by atoms with Gasteiger partial charge in [0.25, 0.3) is 0 Å². The molecule has 0 saturated heterocycles. The second-order valence-electron chi connectivity index (χ2n) is 4.13. The van der Waals surface area contributed by atoms with Crippen molar-refractivity contribution in [2.45, 2.75) is 6.61 Å². The number of rotatable bonds is 4. The fraction of sp³-hybridized carbons (Fsp3) is 0.133. The van der Waals surface area contributed by atoms with Gasteiger partial charge in [0, 0.05) is 5.69 Å². The molecular weight excluding hydrogens is 261 g/mol. The molecule has 0 saturated carbocycles. The van der Waals surface area contributed by atoms with E-state index in [1.165, 1.54) is 18.2 Å². The van der Waals surface area contributed by atoms with Crippen molar-refractivity contribution in [2.24, 2.45) is 0 Å². The summed E-state index contributed by atoms with van der Waals surface area (Å²) in [6.45, 7) is 0.0177. The molecule has 2 aromatic rings. The number of halogens is 1. The van der Waals surface area contributed by atoms with Gasteiger partial charge < -0.3 is 15.2 Å². The molecule has 0 heterocycles. The number of nitrogen functional groups attached to an aromatic ring is 1. The molecule has 0 aliphatic carbocycles.